The number of carbonyl (C=O) groups is 1. The van der Waals surface area contributed by atoms with Crippen molar-refractivity contribution in [1.29, 1.82) is 5.26 Å². The molecular weight excluding hydrogens is 302 g/mol. The number of carbonyl (C=O) groups excluding carboxylic acids is 1. The average Bonchev–Trinajstić information content (AvgIpc) is 2.64. The number of hydrogen-bond donors (Lipinski definition) is 1. The van der Waals surface area contributed by atoms with Gasteiger partial charge in [0.1, 0.15) is 0 Å². The van der Waals surface area contributed by atoms with Gasteiger partial charge in [0, 0.05) is 57.1 Å². The van der Waals surface area contributed by atoms with Crippen molar-refractivity contribution in [3.63, 3.8) is 0 Å². The minimum absolute atomic E-state index is 0.0407. The van der Waals surface area contributed by atoms with Gasteiger partial charge in [-0.05, 0) is 43.4 Å². The Balaban J connectivity index is 1.39. The van der Waals surface area contributed by atoms with Gasteiger partial charge in [0.15, 0.2) is 0 Å². The number of aromatic nitrogens is 1. The van der Waals surface area contributed by atoms with Crippen molar-refractivity contribution in [2.75, 3.05) is 26.2 Å². The second-order valence-electron chi connectivity index (χ2n) is 6.75. The van der Waals surface area contributed by atoms with Gasteiger partial charge in [0.05, 0.1) is 6.07 Å². The first-order valence-corrected chi connectivity index (χ1v) is 8.81. The molecule has 0 bridgehead atoms. The largest absolute Gasteiger partial charge is 0.335 e. The summed E-state index contributed by atoms with van der Waals surface area (Å²) in [5.74, 6) is 0.116. The summed E-state index contributed by atoms with van der Waals surface area (Å²) in [7, 11) is 0. The molecule has 2 aliphatic heterocycles. The van der Waals surface area contributed by atoms with Crippen LogP contribution < -0.4 is 5.32 Å². The van der Waals surface area contributed by atoms with Crippen LogP contribution in [0.25, 0.3) is 0 Å². The maximum atomic E-state index is 12.3. The number of rotatable bonds is 3. The molecule has 0 atom stereocenters. The van der Waals surface area contributed by atoms with E-state index in [4.69, 9.17) is 5.26 Å². The van der Waals surface area contributed by atoms with Crippen LogP contribution in [-0.2, 0) is 6.54 Å². The van der Waals surface area contributed by atoms with E-state index >= 15 is 0 Å². The number of likely N-dealkylation sites (tertiary alicyclic amines) is 2. The number of amides is 2. The molecule has 0 aliphatic carbocycles. The van der Waals surface area contributed by atoms with Gasteiger partial charge < -0.3 is 10.2 Å². The van der Waals surface area contributed by atoms with Crippen LogP contribution in [-0.4, -0.2) is 53.0 Å². The summed E-state index contributed by atoms with van der Waals surface area (Å²) < 4.78 is 0. The molecule has 6 heteroatoms. The zero-order valence-electron chi connectivity index (χ0n) is 14.0. The summed E-state index contributed by atoms with van der Waals surface area (Å²) in [5.41, 5.74) is 1.29. The van der Waals surface area contributed by atoms with Crippen molar-refractivity contribution in [3.8, 4) is 6.07 Å². The minimum Gasteiger partial charge on any atom is -0.335 e. The average molecular weight is 327 g/mol. The highest BCUT2D eigenvalue weighted by Crippen LogP contribution is 2.17. The van der Waals surface area contributed by atoms with Crippen molar-refractivity contribution >= 4 is 6.03 Å². The molecule has 3 rings (SSSR count). The van der Waals surface area contributed by atoms with Gasteiger partial charge in [-0.3, -0.25) is 9.88 Å². The van der Waals surface area contributed by atoms with Crippen LogP contribution in [0, 0.1) is 17.2 Å². The van der Waals surface area contributed by atoms with Gasteiger partial charge in [0.25, 0.3) is 0 Å². The number of piperidine rings is 2. The molecule has 3 heterocycles. The molecule has 6 nitrogen and oxygen atoms in total. The Morgan fingerprint density at radius 1 is 1.17 bits per heavy atom. The van der Waals surface area contributed by atoms with Crippen LogP contribution in [0.4, 0.5) is 4.79 Å². The second-order valence-corrected chi connectivity index (χ2v) is 6.75. The minimum atomic E-state index is 0.0407. The van der Waals surface area contributed by atoms with Crippen molar-refractivity contribution in [2.24, 2.45) is 5.92 Å². The normalized spacial score (nSPS) is 20.5. The lowest BCUT2D eigenvalue weighted by atomic mass is 9.99. The van der Waals surface area contributed by atoms with Crippen LogP contribution in [0.15, 0.2) is 24.5 Å². The molecule has 24 heavy (non-hydrogen) atoms. The van der Waals surface area contributed by atoms with Crippen LogP contribution in [0.2, 0.25) is 0 Å². The lowest BCUT2D eigenvalue weighted by molar-refractivity contribution is 0.158. The Bertz CT molecular complexity index is 569. The molecule has 0 unspecified atom stereocenters. The van der Waals surface area contributed by atoms with E-state index in [0.29, 0.717) is 13.1 Å². The number of hydrogen-bond acceptors (Lipinski definition) is 4. The van der Waals surface area contributed by atoms with E-state index in [1.54, 1.807) is 0 Å². The molecule has 1 aromatic rings. The Hall–Kier alpha value is -2.13. The van der Waals surface area contributed by atoms with Crippen molar-refractivity contribution in [3.05, 3.63) is 30.1 Å². The summed E-state index contributed by atoms with van der Waals surface area (Å²) in [6, 6.07) is 6.71. The zero-order valence-corrected chi connectivity index (χ0v) is 14.0. The third kappa shape index (κ3) is 4.45. The highest BCUT2D eigenvalue weighted by Gasteiger charge is 2.26. The van der Waals surface area contributed by atoms with Crippen LogP contribution >= 0.6 is 0 Å². The summed E-state index contributed by atoms with van der Waals surface area (Å²) in [6.07, 6.45) is 7.25. The molecule has 1 aromatic heterocycles. The summed E-state index contributed by atoms with van der Waals surface area (Å²) in [4.78, 5) is 20.7. The zero-order chi connectivity index (χ0) is 16.8. The summed E-state index contributed by atoms with van der Waals surface area (Å²) in [5, 5.41) is 12.1. The van der Waals surface area contributed by atoms with Gasteiger partial charge in [0.2, 0.25) is 0 Å². The van der Waals surface area contributed by atoms with E-state index < -0.39 is 0 Å². The Labute approximate surface area is 143 Å². The smallest absolute Gasteiger partial charge is 0.317 e. The molecule has 2 amide bonds. The van der Waals surface area contributed by atoms with Crippen molar-refractivity contribution in [2.45, 2.75) is 38.3 Å². The van der Waals surface area contributed by atoms with E-state index in [1.807, 2.05) is 17.3 Å². The van der Waals surface area contributed by atoms with Crippen molar-refractivity contribution in [1.82, 2.24) is 20.1 Å². The number of pyridine rings is 1. The number of nitriles is 1. The molecule has 0 aromatic carbocycles. The van der Waals surface area contributed by atoms with E-state index in [0.717, 1.165) is 45.3 Å². The molecule has 2 aliphatic rings. The predicted molar refractivity (Wildman–Crippen MR) is 91.0 cm³/mol. The quantitative estimate of drug-likeness (QED) is 0.921. The maximum absolute atomic E-state index is 12.3. The van der Waals surface area contributed by atoms with Crippen molar-refractivity contribution < 1.29 is 4.79 Å². The third-order valence-corrected chi connectivity index (χ3v) is 5.04. The first-order valence-electron chi connectivity index (χ1n) is 8.81. The SMILES string of the molecule is N#CC1CCN(C(=O)NC2CCN(Cc3ccncc3)CC2)CC1. The van der Waals surface area contributed by atoms with Gasteiger partial charge in [-0.1, -0.05) is 0 Å². The number of nitrogens with one attached hydrogen (secondary N) is 1. The highest BCUT2D eigenvalue weighted by molar-refractivity contribution is 5.74. The molecule has 1 N–H and O–H groups in total. The molecular formula is C18H25N5O. The van der Waals surface area contributed by atoms with Crippen LogP contribution in [0.3, 0.4) is 0 Å². The number of urea groups is 1. The highest BCUT2D eigenvalue weighted by atomic mass is 16.2. The molecule has 2 saturated heterocycles. The van der Waals surface area contributed by atoms with Gasteiger partial charge in [-0.25, -0.2) is 4.79 Å². The standard InChI is InChI=1S/C18H25N5O/c19-13-15-3-11-23(12-4-15)18(24)21-17-5-9-22(10-6-17)14-16-1-7-20-8-2-16/h1-2,7-8,15,17H,3-6,9-12,14H2,(H,21,24). The molecule has 2 fully saturated rings. The van der Waals surface area contributed by atoms with Crippen LogP contribution in [0.5, 0.6) is 0 Å². The first-order chi connectivity index (χ1) is 11.7. The fraction of sp³-hybridized carbons (Fsp3) is 0.611. The van der Waals surface area contributed by atoms with E-state index in [9.17, 15) is 4.79 Å². The summed E-state index contributed by atoms with van der Waals surface area (Å²) in [6.45, 7) is 4.36. The Kier molecular flexibility index (Phi) is 5.65. The molecule has 0 saturated carbocycles. The Morgan fingerprint density at radius 2 is 1.83 bits per heavy atom. The summed E-state index contributed by atoms with van der Waals surface area (Å²) >= 11 is 0. The molecule has 128 valence electrons. The van der Waals surface area contributed by atoms with E-state index in [1.165, 1.54) is 5.56 Å². The van der Waals surface area contributed by atoms with Gasteiger partial charge in [-0.2, -0.15) is 5.26 Å². The molecule has 0 spiro atoms. The van der Waals surface area contributed by atoms with E-state index in [2.05, 4.69) is 33.4 Å². The predicted octanol–water partition coefficient (Wildman–Crippen LogP) is 1.99. The number of nitrogens with zero attached hydrogens (tertiary/aromatic N) is 4. The van der Waals surface area contributed by atoms with Crippen LogP contribution in [0.1, 0.15) is 31.2 Å². The fourth-order valence-corrected chi connectivity index (χ4v) is 3.46. The van der Waals surface area contributed by atoms with Gasteiger partial charge in [-0.15, -0.1) is 0 Å². The van der Waals surface area contributed by atoms with E-state index in [-0.39, 0.29) is 18.0 Å². The molecule has 0 radical (unpaired) electrons. The lowest BCUT2D eigenvalue weighted by Crippen LogP contribution is -2.50. The maximum Gasteiger partial charge on any atom is 0.317 e. The lowest BCUT2D eigenvalue weighted by Gasteiger charge is -2.35. The topological polar surface area (TPSA) is 72.3 Å². The second kappa shape index (κ2) is 8.11. The fourth-order valence-electron chi connectivity index (χ4n) is 3.46. The third-order valence-electron chi connectivity index (χ3n) is 5.04. The first kappa shape index (κ1) is 16.7. The Morgan fingerprint density at radius 3 is 2.46 bits per heavy atom. The monoisotopic (exact) mass is 327 g/mol. The van der Waals surface area contributed by atoms with Gasteiger partial charge >= 0.3 is 6.03 Å².